The van der Waals surface area contributed by atoms with Crippen molar-refractivity contribution in [2.75, 3.05) is 13.1 Å². The van der Waals surface area contributed by atoms with E-state index in [1.807, 2.05) is 35.2 Å². The minimum atomic E-state index is -0.197. The molecule has 4 heteroatoms. The van der Waals surface area contributed by atoms with Gasteiger partial charge in [-0.25, -0.2) is 0 Å². The molecule has 1 aromatic carbocycles. The van der Waals surface area contributed by atoms with Crippen molar-refractivity contribution >= 4 is 11.8 Å². The Hall–Kier alpha value is -1.84. The van der Waals surface area contributed by atoms with Crippen molar-refractivity contribution < 1.29 is 9.59 Å². The minimum absolute atomic E-state index is 0.0421. The number of hydrogen-bond donors (Lipinski definition) is 1. The molecule has 1 fully saturated rings. The molecule has 0 aromatic heterocycles. The van der Waals surface area contributed by atoms with Crippen molar-refractivity contribution in [3.63, 3.8) is 0 Å². The van der Waals surface area contributed by atoms with Crippen molar-refractivity contribution in [2.45, 2.75) is 32.7 Å². The Bertz CT molecular complexity index is 459. The number of likely N-dealkylation sites (tertiary alicyclic amines) is 1. The highest BCUT2D eigenvalue weighted by Crippen LogP contribution is 2.16. The lowest BCUT2D eigenvalue weighted by Gasteiger charge is -2.30. The number of rotatable bonds is 4. The Labute approximate surface area is 120 Å². The highest BCUT2D eigenvalue weighted by molar-refractivity contribution is 5.96. The van der Waals surface area contributed by atoms with Crippen molar-refractivity contribution in [1.82, 2.24) is 10.2 Å². The number of amides is 2. The summed E-state index contributed by atoms with van der Waals surface area (Å²) < 4.78 is 0. The second kappa shape index (κ2) is 7.08. The third-order valence-corrected chi connectivity index (χ3v) is 3.65. The number of benzene rings is 1. The standard InChI is InChI=1S/C16H22N2O2/c1-13-6-5-9-18(12-13)16(20)10-15(19)17-11-14-7-3-2-4-8-14/h2-4,7-8,13H,5-6,9-12H2,1H3,(H,17,19). The van der Waals surface area contributed by atoms with Gasteiger partial charge in [0.1, 0.15) is 6.42 Å². The summed E-state index contributed by atoms with van der Waals surface area (Å²) in [4.78, 5) is 25.6. The number of carbonyl (C=O) groups is 2. The van der Waals surface area contributed by atoms with Crippen LogP contribution in [0.4, 0.5) is 0 Å². The molecule has 2 rings (SSSR count). The molecule has 108 valence electrons. The normalized spacial score (nSPS) is 18.6. The van der Waals surface area contributed by atoms with Gasteiger partial charge in [0, 0.05) is 19.6 Å². The van der Waals surface area contributed by atoms with Crippen LogP contribution in [-0.4, -0.2) is 29.8 Å². The van der Waals surface area contributed by atoms with Crippen LogP contribution in [0.25, 0.3) is 0 Å². The largest absolute Gasteiger partial charge is 0.352 e. The van der Waals surface area contributed by atoms with E-state index in [0.29, 0.717) is 12.5 Å². The molecule has 1 aromatic rings. The molecule has 2 amide bonds. The molecule has 1 unspecified atom stereocenters. The van der Waals surface area contributed by atoms with Crippen LogP contribution in [0.5, 0.6) is 0 Å². The SMILES string of the molecule is CC1CCCN(C(=O)CC(=O)NCc2ccccc2)C1. The summed E-state index contributed by atoms with van der Waals surface area (Å²) in [7, 11) is 0. The summed E-state index contributed by atoms with van der Waals surface area (Å²) >= 11 is 0. The molecule has 0 bridgehead atoms. The van der Waals surface area contributed by atoms with Crippen molar-refractivity contribution in [2.24, 2.45) is 5.92 Å². The number of hydrogen-bond acceptors (Lipinski definition) is 2. The molecule has 20 heavy (non-hydrogen) atoms. The van der Waals surface area contributed by atoms with Crippen LogP contribution >= 0.6 is 0 Å². The molecule has 0 aliphatic carbocycles. The number of piperidine rings is 1. The predicted molar refractivity (Wildman–Crippen MR) is 77.9 cm³/mol. The fourth-order valence-electron chi connectivity index (χ4n) is 2.52. The maximum Gasteiger partial charge on any atom is 0.232 e. The summed E-state index contributed by atoms with van der Waals surface area (Å²) in [5, 5.41) is 2.79. The zero-order chi connectivity index (χ0) is 14.4. The third-order valence-electron chi connectivity index (χ3n) is 3.65. The zero-order valence-electron chi connectivity index (χ0n) is 12.0. The van der Waals surface area contributed by atoms with E-state index in [1.54, 1.807) is 0 Å². The monoisotopic (exact) mass is 274 g/mol. The summed E-state index contributed by atoms with van der Waals surface area (Å²) in [6, 6.07) is 9.71. The second-order valence-corrected chi connectivity index (χ2v) is 5.53. The molecule has 1 N–H and O–H groups in total. The van der Waals surface area contributed by atoms with Gasteiger partial charge in [0.05, 0.1) is 0 Å². The molecule has 1 atom stereocenters. The molecule has 0 saturated carbocycles. The zero-order valence-corrected chi connectivity index (χ0v) is 12.0. The first kappa shape index (κ1) is 14.6. The first-order valence-corrected chi connectivity index (χ1v) is 7.23. The molecule has 0 spiro atoms. The predicted octanol–water partition coefficient (Wildman–Crippen LogP) is 1.95. The minimum Gasteiger partial charge on any atom is -0.352 e. The van der Waals surface area contributed by atoms with Crippen LogP contribution in [0.2, 0.25) is 0 Å². The fraction of sp³-hybridized carbons (Fsp3) is 0.500. The first-order chi connectivity index (χ1) is 9.65. The number of nitrogens with zero attached hydrogens (tertiary/aromatic N) is 1. The van der Waals surface area contributed by atoms with E-state index in [9.17, 15) is 9.59 Å². The molecular formula is C16H22N2O2. The quantitative estimate of drug-likeness (QED) is 0.853. The van der Waals surface area contributed by atoms with Gasteiger partial charge >= 0.3 is 0 Å². The summed E-state index contributed by atoms with van der Waals surface area (Å²) in [5.74, 6) is 0.291. The lowest BCUT2D eigenvalue weighted by Crippen LogP contribution is -2.41. The highest BCUT2D eigenvalue weighted by Gasteiger charge is 2.22. The Balaban J connectivity index is 1.75. The Morgan fingerprint density at radius 3 is 2.75 bits per heavy atom. The van der Waals surface area contributed by atoms with Crippen molar-refractivity contribution in [3.8, 4) is 0 Å². The van der Waals surface area contributed by atoms with E-state index in [4.69, 9.17) is 0 Å². The molecule has 4 nitrogen and oxygen atoms in total. The van der Waals surface area contributed by atoms with Gasteiger partial charge in [-0.3, -0.25) is 9.59 Å². The number of carbonyl (C=O) groups excluding carboxylic acids is 2. The van der Waals surface area contributed by atoms with E-state index in [-0.39, 0.29) is 18.2 Å². The van der Waals surface area contributed by atoms with Gasteiger partial charge < -0.3 is 10.2 Å². The number of nitrogens with one attached hydrogen (secondary N) is 1. The Morgan fingerprint density at radius 2 is 2.05 bits per heavy atom. The van der Waals surface area contributed by atoms with Gasteiger partial charge in [0.2, 0.25) is 11.8 Å². The van der Waals surface area contributed by atoms with Crippen molar-refractivity contribution in [1.29, 1.82) is 0 Å². The maximum atomic E-state index is 12.0. The summed E-state index contributed by atoms with van der Waals surface area (Å²) in [6.45, 7) is 4.19. The molecular weight excluding hydrogens is 252 g/mol. The Morgan fingerprint density at radius 1 is 1.30 bits per heavy atom. The van der Waals surface area contributed by atoms with Crippen LogP contribution in [0, 0.1) is 5.92 Å². The van der Waals surface area contributed by atoms with Gasteiger partial charge in [0.25, 0.3) is 0 Å². The van der Waals surface area contributed by atoms with Crippen LogP contribution in [0.15, 0.2) is 30.3 Å². The molecule has 1 aliphatic rings. The van der Waals surface area contributed by atoms with Crippen LogP contribution in [0.3, 0.4) is 0 Å². The molecule has 0 radical (unpaired) electrons. The van der Waals surface area contributed by atoms with E-state index < -0.39 is 0 Å². The molecule has 1 aliphatic heterocycles. The Kier molecular flexibility index (Phi) is 5.16. The summed E-state index contributed by atoms with van der Waals surface area (Å²) in [5.41, 5.74) is 1.04. The molecule has 1 heterocycles. The van der Waals surface area contributed by atoms with E-state index in [1.165, 1.54) is 6.42 Å². The van der Waals surface area contributed by atoms with E-state index in [2.05, 4.69) is 12.2 Å². The van der Waals surface area contributed by atoms with Gasteiger partial charge in [-0.1, -0.05) is 37.3 Å². The lowest BCUT2D eigenvalue weighted by molar-refractivity contribution is -0.137. The highest BCUT2D eigenvalue weighted by atomic mass is 16.2. The second-order valence-electron chi connectivity index (χ2n) is 5.53. The average molecular weight is 274 g/mol. The van der Waals surface area contributed by atoms with Gasteiger partial charge in [-0.15, -0.1) is 0 Å². The van der Waals surface area contributed by atoms with Gasteiger partial charge in [-0.05, 0) is 24.3 Å². The van der Waals surface area contributed by atoms with Crippen molar-refractivity contribution in [3.05, 3.63) is 35.9 Å². The third kappa shape index (κ3) is 4.37. The van der Waals surface area contributed by atoms with Crippen LogP contribution in [-0.2, 0) is 16.1 Å². The smallest absolute Gasteiger partial charge is 0.232 e. The lowest BCUT2D eigenvalue weighted by atomic mass is 10.00. The van der Waals surface area contributed by atoms with E-state index in [0.717, 1.165) is 25.1 Å². The van der Waals surface area contributed by atoms with Crippen LogP contribution in [0.1, 0.15) is 31.7 Å². The topological polar surface area (TPSA) is 49.4 Å². The summed E-state index contributed by atoms with van der Waals surface area (Å²) in [6.07, 6.45) is 2.17. The van der Waals surface area contributed by atoms with Gasteiger partial charge in [0.15, 0.2) is 0 Å². The first-order valence-electron chi connectivity index (χ1n) is 7.23. The fourth-order valence-corrected chi connectivity index (χ4v) is 2.52. The average Bonchev–Trinajstić information content (AvgIpc) is 2.46. The van der Waals surface area contributed by atoms with Gasteiger partial charge in [-0.2, -0.15) is 0 Å². The van der Waals surface area contributed by atoms with E-state index >= 15 is 0 Å². The molecule has 1 saturated heterocycles. The maximum absolute atomic E-state index is 12.0. The van der Waals surface area contributed by atoms with Crippen LogP contribution < -0.4 is 5.32 Å².